The quantitative estimate of drug-likeness (QED) is 0.104. The highest BCUT2D eigenvalue weighted by atomic mass is 32.2. The molecule has 0 saturated heterocycles. The molecule has 4 aromatic rings. The Balaban J connectivity index is 0.946. The SMILES string of the molecule is CC1(OC(=O)COc2ccc(CC(=O)c3ccc([S+](c4ccccc4)c4ccccc4)cc3)cc2)C2CC3CC(C2)CC1C3. The van der Waals surface area contributed by atoms with E-state index in [1.54, 1.807) is 0 Å². The highest BCUT2D eigenvalue weighted by Crippen LogP contribution is 2.59. The second-order valence-electron chi connectivity index (χ2n) is 13.0. The van der Waals surface area contributed by atoms with Crippen LogP contribution in [0.1, 0.15) is 54.9 Å². The van der Waals surface area contributed by atoms with Crippen LogP contribution in [0.2, 0.25) is 0 Å². The van der Waals surface area contributed by atoms with E-state index < -0.39 is 0 Å². The van der Waals surface area contributed by atoms with Gasteiger partial charge in [-0.1, -0.05) is 48.5 Å². The summed E-state index contributed by atoms with van der Waals surface area (Å²) in [4.78, 5) is 29.7. The van der Waals surface area contributed by atoms with Gasteiger partial charge in [-0.05, 0) is 129 Å². The third kappa shape index (κ3) is 5.95. The van der Waals surface area contributed by atoms with Gasteiger partial charge in [0.1, 0.15) is 11.4 Å². The summed E-state index contributed by atoms with van der Waals surface area (Å²) in [5, 5.41) is 0. The van der Waals surface area contributed by atoms with Crippen LogP contribution in [0.4, 0.5) is 0 Å². The van der Waals surface area contributed by atoms with Crippen LogP contribution in [0.3, 0.4) is 0 Å². The van der Waals surface area contributed by atoms with Gasteiger partial charge in [0.05, 0.1) is 10.9 Å². The molecule has 224 valence electrons. The first-order chi connectivity index (χ1) is 21.4. The number of rotatable bonds is 10. The maximum Gasteiger partial charge on any atom is 0.344 e. The Morgan fingerprint density at radius 2 is 1.20 bits per heavy atom. The number of benzene rings is 4. The highest BCUT2D eigenvalue weighted by Gasteiger charge is 2.57. The van der Waals surface area contributed by atoms with Gasteiger partial charge in [0, 0.05) is 12.0 Å². The van der Waals surface area contributed by atoms with Crippen LogP contribution < -0.4 is 4.74 Å². The van der Waals surface area contributed by atoms with Crippen molar-refractivity contribution < 1.29 is 19.1 Å². The third-order valence-corrected chi connectivity index (χ3v) is 12.3. The van der Waals surface area contributed by atoms with Crippen LogP contribution in [0, 0.1) is 23.7 Å². The molecule has 4 saturated carbocycles. The van der Waals surface area contributed by atoms with Crippen LogP contribution in [0.25, 0.3) is 0 Å². The molecule has 0 atom stereocenters. The molecule has 0 aromatic heterocycles. The first-order valence-electron chi connectivity index (χ1n) is 15.9. The summed E-state index contributed by atoms with van der Waals surface area (Å²) in [6.07, 6.45) is 6.47. The van der Waals surface area contributed by atoms with Gasteiger partial charge >= 0.3 is 5.97 Å². The Kier molecular flexibility index (Phi) is 8.07. The van der Waals surface area contributed by atoms with Gasteiger partial charge in [0.25, 0.3) is 0 Å². The number of esters is 1. The number of ether oxygens (including phenoxy) is 2. The molecule has 4 fully saturated rings. The van der Waals surface area contributed by atoms with E-state index in [4.69, 9.17) is 9.47 Å². The summed E-state index contributed by atoms with van der Waals surface area (Å²) >= 11 is 0. The van der Waals surface area contributed by atoms with E-state index in [1.807, 2.05) is 48.5 Å². The van der Waals surface area contributed by atoms with Crippen molar-refractivity contribution in [2.24, 2.45) is 23.7 Å². The minimum Gasteiger partial charge on any atom is -0.482 e. The van der Waals surface area contributed by atoms with Crippen molar-refractivity contribution in [3.63, 3.8) is 0 Å². The van der Waals surface area contributed by atoms with E-state index in [1.165, 1.54) is 46.8 Å². The summed E-state index contributed by atoms with van der Waals surface area (Å²) in [5.74, 6) is 3.03. The Morgan fingerprint density at radius 3 is 1.75 bits per heavy atom. The average Bonchev–Trinajstić information content (AvgIpc) is 3.04. The molecule has 0 unspecified atom stereocenters. The number of carbonyl (C=O) groups is 2. The van der Waals surface area contributed by atoms with E-state index in [0.717, 1.165) is 17.4 Å². The van der Waals surface area contributed by atoms with Crippen LogP contribution in [-0.2, 0) is 26.8 Å². The van der Waals surface area contributed by atoms with Gasteiger partial charge in [-0.15, -0.1) is 0 Å². The maximum atomic E-state index is 13.2. The Bertz CT molecular complexity index is 1530. The third-order valence-electron chi connectivity index (χ3n) is 10.1. The lowest BCUT2D eigenvalue weighted by atomic mass is 9.50. The zero-order valence-electron chi connectivity index (χ0n) is 25.2. The molecule has 0 heterocycles. The van der Waals surface area contributed by atoms with Gasteiger partial charge in [0.2, 0.25) is 0 Å². The molecule has 0 aliphatic heterocycles. The van der Waals surface area contributed by atoms with Crippen molar-refractivity contribution in [2.45, 2.75) is 65.7 Å². The zero-order chi connectivity index (χ0) is 30.1. The predicted molar refractivity (Wildman–Crippen MR) is 173 cm³/mol. The molecular formula is C39H39O4S+. The second kappa shape index (κ2) is 12.3. The van der Waals surface area contributed by atoms with Gasteiger partial charge in [-0.2, -0.15) is 0 Å². The number of hydrogen-bond acceptors (Lipinski definition) is 4. The summed E-state index contributed by atoms with van der Waals surface area (Å²) in [5.41, 5.74) is 1.25. The largest absolute Gasteiger partial charge is 0.482 e. The number of ketones is 1. The maximum absolute atomic E-state index is 13.2. The van der Waals surface area contributed by atoms with E-state index in [-0.39, 0.29) is 34.9 Å². The van der Waals surface area contributed by atoms with Crippen LogP contribution in [0.15, 0.2) is 124 Å². The highest BCUT2D eigenvalue weighted by molar-refractivity contribution is 7.97. The monoisotopic (exact) mass is 603 g/mol. The molecule has 0 spiro atoms. The van der Waals surface area contributed by atoms with E-state index in [2.05, 4.69) is 67.6 Å². The fraction of sp³-hybridized carbons (Fsp3) is 0.333. The molecule has 4 aromatic carbocycles. The number of carbonyl (C=O) groups excluding carboxylic acids is 2. The van der Waals surface area contributed by atoms with Crippen molar-refractivity contribution >= 4 is 22.6 Å². The molecule has 8 rings (SSSR count). The van der Waals surface area contributed by atoms with Crippen molar-refractivity contribution in [2.75, 3.05) is 6.61 Å². The van der Waals surface area contributed by atoms with Gasteiger partial charge < -0.3 is 9.47 Å². The fourth-order valence-corrected chi connectivity index (χ4v) is 10.1. The Morgan fingerprint density at radius 1 is 0.682 bits per heavy atom. The number of Topliss-reactive ketones (excluding diaryl/α,β-unsaturated/α-hetero) is 1. The first kappa shape index (κ1) is 28.9. The molecule has 4 aliphatic rings. The average molecular weight is 604 g/mol. The molecule has 5 heteroatoms. The normalized spacial score (nSPS) is 25.1. The summed E-state index contributed by atoms with van der Waals surface area (Å²) in [6, 6.07) is 36.5. The molecule has 4 nitrogen and oxygen atoms in total. The van der Waals surface area contributed by atoms with Crippen molar-refractivity contribution in [3.8, 4) is 5.75 Å². The predicted octanol–water partition coefficient (Wildman–Crippen LogP) is 8.34. The smallest absolute Gasteiger partial charge is 0.344 e. The lowest BCUT2D eigenvalue weighted by Gasteiger charge is -2.59. The minimum absolute atomic E-state index is 0.0667. The van der Waals surface area contributed by atoms with Crippen LogP contribution in [0.5, 0.6) is 5.75 Å². The molecule has 4 aliphatic carbocycles. The fourth-order valence-electron chi connectivity index (χ4n) is 7.99. The molecule has 4 bridgehead atoms. The summed E-state index contributed by atoms with van der Waals surface area (Å²) < 4.78 is 11.9. The molecule has 44 heavy (non-hydrogen) atoms. The summed E-state index contributed by atoms with van der Waals surface area (Å²) in [7, 11) is -0.246. The van der Waals surface area contributed by atoms with E-state index in [0.29, 0.717) is 29.6 Å². The van der Waals surface area contributed by atoms with Crippen molar-refractivity contribution in [1.82, 2.24) is 0 Å². The summed E-state index contributed by atoms with van der Waals surface area (Å²) in [6.45, 7) is 2.06. The molecule has 0 radical (unpaired) electrons. The molecule has 0 N–H and O–H groups in total. The molecular weight excluding hydrogens is 564 g/mol. The minimum atomic E-state index is -0.347. The van der Waals surface area contributed by atoms with Crippen LogP contribution in [-0.4, -0.2) is 24.0 Å². The standard InChI is InChI=1S/C39H39O4S/c1-39(31-21-28-20-29(23-31)24-32(39)22-28)43-38(41)26-42-33-16-12-27(13-17-33)25-37(40)30-14-18-36(19-15-30)44(34-8-4-2-5-9-34)35-10-6-3-7-11-35/h2-19,28-29,31-32H,20-26H2,1H3/q+1. The zero-order valence-corrected chi connectivity index (χ0v) is 26.0. The second-order valence-corrected chi connectivity index (χ2v) is 15.0. The van der Waals surface area contributed by atoms with E-state index >= 15 is 0 Å². The lowest BCUT2D eigenvalue weighted by Crippen LogP contribution is -2.58. The first-order valence-corrected chi connectivity index (χ1v) is 17.1. The van der Waals surface area contributed by atoms with Gasteiger partial charge in [-0.3, -0.25) is 4.79 Å². The lowest BCUT2D eigenvalue weighted by molar-refractivity contribution is -0.204. The Hall–Kier alpha value is -3.83. The van der Waals surface area contributed by atoms with Gasteiger partial charge in [-0.25, -0.2) is 4.79 Å². The van der Waals surface area contributed by atoms with Crippen LogP contribution >= 0.6 is 0 Å². The topological polar surface area (TPSA) is 52.6 Å². The van der Waals surface area contributed by atoms with Crippen molar-refractivity contribution in [1.29, 1.82) is 0 Å². The van der Waals surface area contributed by atoms with E-state index in [9.17, 15) is 9.59 Å². The Labute approximate surface area is 263 Å². The molecule has 0 amide bonds. The van der Waals surface area contributed by atoms with Crippen molar-refractivity contribution in [3.05, 3.63) is 120 Å². The van der Waals surface area contributed by atoms with Gasteiger partial charge in [0.15, 0.2) is 27.1 Å². The number of hydrogen-bond donors (Lipinski definition) is 0.